The smallest absolute Gasteiger partial charge is 0.341 e. The second-order valence-corrected chi connectivity index (χ2v) is 3.58. The van der Waals surface area contributed by atoms with Gasteiger partial charge < -0.3 is 9.84 Å². The van der Waals surface area contributed by atoms with Crippen LogP contribution in [0, 0.1) is 22.7 Å². The molecule has 1 rings (SSSR count). The summed E-state index contributed by atoms with van der Waals surface area (Å²) in [5, 5.41) is 26.2. The number of ether oxygens (including phenoxy) is 1. The van der Waals surface area contributed by atoms with Gasteiger partial charge in [-0.05, 0) is 24.3 Å². The lowest BCUT2D eigenvalue weighted by Crippen LogP contribution is -2.10. The van der Waals surface area contributed by atoms with E-state index in [0.717, 1.165) is 0 Å². The molecule has 0 fully saturated rings. The molecule has 0 amide bonds. The molecule has 0 radical (unpaired) electrons. The van der Waals surface area contributed by atoms with Gasteiger partial charge in [0.2, 0.25) is 0 Å². The van der Waals surface area contributed by atoms with Gasteiger partial charge in [0.15, 0.2) is 6.61 Å². The number of nitriles is 2. The normalized spacial score (nSPS) is 8.83. The summed E-state index contributed by atoms with van der Waals surface area (Å²) in [4.78, 5) is 10.4. The SMILES string of the molecule is N#CC(C#N)=Cc1cc(Cl)ccc1OCC(=O)O. The third kappa shape index (κ3) is 3.82. The summed E-state index contributed by atoms with van der Waals surface area (Å²) in [5.74, 6) is -0.884. The zero-order chi connectivity index (χ0) is 13.5. The lowest BCUT2D eigenvalue weighted by molar-refractivity contribution is -0.139. The van der Waals surface area contributed by atoms with Crippen molar-refractivity contribution in [2.75, 3.05) is 6.61 Å². The Balaban J connectivity index is 3.13. The highest BCUT2D eigenvalue weighted by Crippen LogP contribution is 2.25. The van der Waals surface area contributed by atoms with Crippen molar-refractivity contribution in [3.63, 3.8) is 0 Å². The Morgan fingerprint density at radius 2 is 2.11 bits per heavy atom. The van der Waals surface area contributed by atoms with E-state index in [0.29, 0.717) is 10.6 Å². The number of aliphatic carboxylic acids is 1. The van der Waals surface area contributed by atoms with Crippen LogP contribution in [0.15, 0.2) is 23.8 Å². The minimum absolute atomic E-state index is 0.127. The Morgan fingerprint density at radius 1 is 1.44 bits per heavy atom. The van der Waals surface area contributed by atoms with Crippen LogP contribution in [0.3, 0.4) is 0 Å². The molecule has 0 aliphatic rings. The van der Waals surface area contributed by atoms with E-state index in [4.69, 9.17) is 32.0 Å². The van der Waals surface area contributed by atoms with Crippen molar-refractivity contribution >= 4 is 23.6 Å². The van der Waals surface area contributed by atoms with Crippen LogP contribution in [0.4, 0.5) is 0 Å². The molecule has 0 atom stereocenters. The number of rotatable bonds is 4. The highest BCUT2D eigenvalue weighted by Gasteiger charge is 2.06. The van der Waals surface area contributed by atoms with Gasteiger partial charge in [-0.2, -0.15) is 10.5 Å². The second kappa shape index (κ2) is 6.29. The van der Waals surface area contributed by atoms with Crippen molar-refractivity contribution in [1.29, 1.82) is 10.5 Å². The maximum atomic E-state index is 10.4. The van der Waals surface area contributed by atoms with Crippen LogP contribution in [-0.4, -0.2) is 17.7 Å². The van der Waals surface area contributed by atoms with Crippen LogP contribution < -0.4 is 4.74 Å². The largest absolute Gasteiger partial charge is 0.481 e. The maximum absolute atomic E-state index is 10.4. The molecule has 6 heteroatoms. The number of hydrogen-bond acceptors (Lipinski definition) is 4. The van der Waals surface area contributed by atoms with Gasteiger partial charge >= 0.3 is 5.97 Å². The summed E-state index contributed by atoms with van der Waals surface area (Å²) in [6, 6.07) is 7.87. The Kier molecular flexibility index (Phi) is 4.74. The number of carboxylic acids is 1. The molecule has 1 N–H and O–H groups in total. The molecule has 0 unspecified atom stereocenters. The van der Waals surface area contributed by atoms with Crippen LogP contribution >= 0.6 is 11.6 Å². The number of allylic oxidation sites excluding steroid dienone is 1. The van der Waals surface area contributed by atoms with Gasteiger partial charge in [0.05, 0.1) is 0 Å². The summed E-state index contributed by atoms with van der Waals surface area (Å²) in [7, 11) is 0. The summed E-state index contributed by atoms with van der Waals surface area (Å²) < 4.78 is 5.02. The van der Waals surface area contributed by atoms with Crippen LogP contribution in [0.25, 0.3) is 6.08 Å². The Labute approximate surface area is 108 Å². The third-order valence-corrected chi connectivity index (χ3v) is 2.10. The molecular formula is C12H7ClN2O3. The predicted molar refractivity (Wildman–Crippen MR) is 63.8 cm³/mol. The lowest BCUT2D eigenvalue weighted by atomic mass is 10.1. The van der Waals surface area contributed by atoms with E-state index in [1.807, 2.05) is 0 Å². The summed E-state index contributed by atoms with van der Waals surface area (Å²) in [6.45, 7) is -0.517. The zero-order valence-corrected chi connectivity index (χ0v) is 9.81. The standard InChI is InChI=1S/C12H7ClN2O3/c13-10-1-2-11(18-7-12(16)17)9(4-10)3-8(5-14)6-15/h1-4H,7H2,(H,16,17). The molecule has 0 aliphatic carbocycles. The summed E-state index contributed by atoms with van der Waals surface area (Å²) >= 11 is 5.78. The minimum Gasteiger partial charge on any atom is -0.481 e. The van der Waals surface area contributed by atoms with Crippen LogP contribution in [0.1, 0.15) is 5.56 Å². The van der Waals surface area contributed by atoms with E-state index in [1.165, 1.54) is 24.3 Å². The molecular weight excluding hydrogens is 256 g/mol. The Morgan fingerprint density at radius 3 is 2.67 bits per heavy atom. The third-order valence-electron chi connectivity index (χ3n) is 1.86. The van der Waals surface area contributed by atoms with Gasteiger partial charge in [0.25, 0.3) is 0 Å². The molecule has 0 saturated heterocycles. The molecule has 0 aliphatic heterocycles. The average Bonchev–Trinajstić information content (AvgIpc) is 2.34. The first-order chi connectivity index (χ1) is 8.56. The fraction of sp³-hybridized carbons (Fsp3) is 0.0833. The molecule has 0 saturated carbocycles. The predicted octanol–water partition coefficient (Wildman–Crippen LogP) is 2.23. The van der Waals surface area contributed by atoms with Crippen molar-refractivity contribution in [2.24, 2.45) is 0 Å². The topological polar surface area (TPSA) is 94.1 Å². The second-order valence-electron chi connectivity index (χ2n) is 3.15. The molecule has 1 aromatic carbocycles. The quantitative estimate of drug-likeness (QED) is 0.840. The van der Waals surface area contributed by atoms with E-state index in [-0.39, 0.29) is 11.3 Å². The molecule has 90 valence electrons. The van der Waals surface area contributed by atoms with Crippen molar-refractivity contribution in [1.82, 2.24) is 0 Å². The number of halogens is 1. The maximum Gasteiger partial charge on any atom is 0.341 e. The molecule has 5 nitrogen and oxygen atoms in total. The summed E-state index contributed by atoms with van der Waals surface area (Å²) in [5.41, 5.74) is 0.249. The number of benzene rings is 1. The van der Waals surface area contributed by atoms with E-state index in [2.05, 4.69) is 0 Å². The Hall–Kier alpha value is -2.50. The van der Waals surface area contributed by atoms with E-state index >= 15 is 0 Å². The minimum atomic E-state index is -1.12. The number of hydrogen-bond donors (Lipinski definition) is 1. The number of carboxylic acid groups (broad SMARTS) is 1. The molecule has 1 aromatic rings. The fourth-order valence-corrected chi connectivity index (χ4v) is 1.33. The van der Waals surface area contributed by atoms with Gasteiger partial charge in [-0.1, -0.05) is 11.6 Å². The van der Waals surface area contributed by atoms with E-state index in [9.17, 15) is 4.79 Å². The zero-order valence-electron chi connectivity index (χ0n) is 9.05. The average molecular weight is 263 g/mol. The van der Waals surface area contributed by atoms with E-state index in [1.54, 1.807) is 12.1 Å². The lowest BCUT2D eigenvalue weighted by Gasteiger charge is -2.07. The van der Waals surface area contributed by atoms with Gasteiger partial charge in [0, 0.05) is 10.6 Å². The molecule has 0 spiro atoms. The van der Waals surface area contributed by atoms with Crippen molar-refractivity contribution in [3.05, 3.63) is 34.4 Å². The van der Waals surface area contributed by atoms with Crippen LogP contribution in [-0.2, 0) is 4.79 Å². The molecule has 0 heterocycles. The van der Waals surface area contributed by atoms with Gasteiger partial charge in [0.1, 0.15) is 23.5 Å². The molecule has 0 aromatic heterocycles. The van der Waals surface area contributed by atoms with Crippen LogP contribution in [0.2, 0.25) is 5.02 Å². The monoisotopic (exact) mass is 262 g/mol. The first-order valence-electron chi connectivity index (χ1n) is 4.73. The van der Waals surface area contributed by atoms with Gasteiger partial charge in [-0.15, -0.1) is 0 Å². The van der Waals surface area contributed by atoms with Crippen molar-refractivity contribution < 1.29 is 14.6 Å². The first-order valence-corrected chi connectivity index (χ1v) is 5.10. The number of carbonyl (C=O) groups is 1. The van der Waals surface area contributed by atoms with E-state index < -0.39 is 12.6 Å². The highest BCUT2D eigenvalue weighted by molar-refractivity contribution is 6.30. The molecule has 18 heavy (non-hydrogen) atoms. The van der Waals surface area contributed by atoms with Gasteiger partial charge in [-0.25, -0.2) is 4.79 Å². The Bertz CT molecular complexity index is 566. The number of nitrogens with zero attached hydrogens (tertiary/aromatic N) is 2. The van der Waals surface area contributed by atoms with Gasteiger partial charge in [-0.3, -0.25) is 0 Å². The van der Waals surface area contributed by atoms with Crippen LogP contribution in [0.5, 0.6) is 5.75 Å². The fourth-order valence-electron chi connectivity index (χ4n) is 1.15. The first kappa shape index (κ1) is 13.6. The summed E-state index contributed by atoms with van der Waals surface area (Å²) in [6.07, 6.45) is 1.28. The molecule has 0 bridgehead atoms. The van der Waals surface area contributed by atoms with Crippen molar-refractivity contribution in [3.8, 4) is 17.9 Å². The highest BCUT2D eigenvalue weighted by atomic mass is 35.5. The van der Waals surface area contributed by atoms with Crippen molar-refractivity contribution in [2.45, 2.75) is 0 Å².